The van der Waals surface area contributed by atoms with Gasteiger partial charge in [-0.05, 0) is 32.9 Å². The lowest BCUT2D eigenvalue weighted by Crippen LogP contribution is -2.30. The summed E-state index contributed by atoms with van der Waals surface area (Å²) in [4.78, 5) is 37.0. The van der Waals surface area contributed by atoms with Crippen LogP contribution in [0.5, 0.6) is 0 Å². The van der Waals surface area contributed by atoms with Crippen molar-refractivity contribution in [3.8, 4) is 11.8 Å². The predicted octanol–water partition coefficient (Wildman–Crippen LogP) is 1.77. The van der Waals surface area contributed by atoms with Crippen molar-refractivity contribution in [2.45, 2.75) is 20.8 Å². The van der Waals surface area contributed by atoms with Gasteiger partial charge in [-0.25, -0.2) is 9.59 Å². The quantitative estimate of drug-likeness (QED) is 0.751. The van der Waals surface area contributed by atoms with E-state index in [-0.39, 0.29) is 41.3 Å². The third-order valence-electron chi connectivity index (χ3n) is 3.54. The predicted molar refractivity (Wildman–Crippen MR) is 91.2 cm³/mol. The standard InChI is InChI=1S/C18H17N3O5/c1-4-25-17(23)12-8-6-7-9-14(12)21-16(22)13(10-19)11(3)15(20-21)18(24)26-5-2/h6-9H,4-5H2,1-3H3. The van der Waals surface area contributed by atoms with Gasteiger partial charge in [-0.1, -0.05) is 12.1 Å². The van der Waals surface area contributed by atoms with Crippen LogP contribution in [-0.2, 0) is 9.47 Å². The van der Waals surface area contributed by atoms with Gasteiger partial charge in [-0.3, -0.25) is 4.79 Å². The highest BCUT2D eigenvalue weighted by molar-refractivity contribution is 5.93. The molecule has 0 aliphatic rings. The van der Waals surface area contributed by atoms with Gasteiger partial charge in [0.25, 0.3) is 5.56 Å². The van der Waals surface area contributed by atoms with Gasteiger partial charge in [-0.2, -0.15) is 15.0 Å². The van der Waals surface area contributed by atoms with Gasteiger partial charge >= 0.3 is 11.9 Å². The zero-order valence-electron chi connectivity index (χ0n) is 14.6. The largest absolute Gasteiger partial charge is 0.462 e. The van der Waals surface area contributed by atoms with Crippen LogP contribution in [0, 0.1) is 18.3 Å². The molecule has 0 bridgehead atoms. The topological polar surface area (TPSA) is 111 Å². The second-order valence-corrected chi connectivity index (χ2v) is 5.14. The van der Waals surface area contributed by atoms with Crippen molar-refractivity contribution in [2.75, 3.05) is 13.2 Å². The summed E-state index contributed by atoms with van der Waals surface area (Å²) in [5.41, 5.74) is -0.830. The van der Waals surface area contributed by atoms with Crippen molar-refractivity contribution in [3.63, 3.8) is 0 Å². The summed E-state index contributed by atoms with van der Waals surface area (Å²) < 4.78 is 10.8. The first-order valence-corrected chi connectivity index (χ1v) is 7.93. The number of hydrogen-bond acceptors (Lipinski definition) is 7. The van der Waals surface area contributed by atoms with E-state index in [1.165, 1.54) is 19.1 Å². The molecular formula is C18H17N3O5. The smallest absolute Gasteiger partial charge is 0.359 e. The van der Waals surface area contributed by atoms with Crippen LogP contribution in [0.3, 0.4) is 0 Å². The van der Waals surface area contributed by atoms with Crippen molar-refractivity contribution in [1.29, 1.82) is 5.26 Å². The molecule has 2 aromatic rings. The SMILES string of the molecule is CCOC(=O)c1ccccc1-n1nc(C(=O)OCC)c(C)c(C#N)c1=O. The number of carbonyl (C=O) groups excluding carboxylic acids is 2. The van der Waals surface area contributed by atoms with Crippen molar-refractivity contribution in [1.82, 2.24) is 9.78 Å². The monoisotopic (exact) mass is 355 g/mol. The Hall–Kier alpha value is -3.47. The number of aromatic nitrogens is 2. The molecule has 0 aliphatic carbocycles. The number of rotatable bonds is 5. The average Bonchev–Trinajstić information content (AvgIpc) is 2.63. The molecule has 0 radical (unpaired) electrons. The number of ether oxygens (including phenoxy) is 2. The lowest BCUT2D eigenvalue weighted by atomic mass is 10.1. The minimum atomic E-state index is -0.760. The number of nitrogens with zero attached hydrogens (tertiary/aromatic N) is 3. The summed E-state index contributed by atoms with van der Waals surface area (Å²) in [6, 6.07) is 7.94. The molecule has 0 fully saturated rings. The molecule has 0 unspecified atom stereocenters. The van der Waals surface area contributed by atoms with Crippen LogP contribution in [0.1, 0.15) is 45.8 Å². The molecule has 0 saturated heterocycles. The molecule has 8 nitrogen and oxygen atoms in total. The van der Waals surface area contributed by atoms with E-state index in [4.69, 9.17) is 9.47 Å². The first-order valence-electron chi connectivity index (χ1n) is 7.93. The zero-order valence-corrected chi connectivity index (χ0v) is 14.6. The third-order valence-corrected chi connectivity index (χ3v) is 3.54. The molecule has 1 aromatic carbocycles. The second-order valence-electron chi connectivity index (χ2n) is 5.14. The summed E-state index contributed by atoms with van der Waals surface area (Å²) >= 11 is 0. The Balaban J connectivity index is 2.78. The van der Waals surface area contributed by atoms with Gasteiger partial charge in [0.15, 0.2) is 5.69 Å². The molecule has 0 amide bonds. The van der Waals surface area contributed by atoms with Crippen LogP contribution in [0.15, 0.2) is 29.1 Å². The summed E-state index contributed by atoms with van der Waals surface area (Å²) in [5.74, 6) is -1.41. The Morgan fingerprint density at radius 3 is 2.38 bits per heavy atom. The second kappa shape index (κ2) is 8.07. The molecule has 0 aliphatic heterocycles. The van der Waals surface area contributed by atoms with Crippen LogP contribution in [0.4, 0.5) is 0 Å². The maximum Gasteiger partial charge on any atom is 0.359 e. The molecule has 1 heterocycles. The minimum Gasteiger partial charge on any atom is -0.462 e. The molecule has 8 heteroatoms. The Labute approximate surface area is 149 Å². The van der Waals surface area contributed by atoms with E-state index in [0.29, 0.717) is 0 Å². The fraction of sp³-hybridized carbons (Fsp3) is 0.278. The zero-order chi connectivity index (χ0) is 19.3. The van der Waals surface area contributed by atoms with Crippen molar-refractivity contribution < 1.29 is 19.1 Å². The van der Waals surface area contributed by atoms with Crippen LogP contribution in [-0.4, -0.2) is 34.9 Å². The molecule has 2 rings (SSSR count). The minimum absolute atomic E-state index is 0.0894. The first-order chi connectivity index (χ1) is 12.5. The fourth-order valence-electron chi connectivity index (χ4n) is 2.33. The van der Waals surface area contributed by atoms with Gasteiger partial charge in [0.05, 0.1) is 24.5 Å². The average molecular weight is 355 g/mol. The number of hydrogen-bond donors (Lipinski definition) is 0. The Morgan fingerprint density at radius 1 is 1.15 bits per heavy atom. The van der Waals surface area contributed by atoms with Gasteiger partial charge < -0.3 is 9.47 Å². The van der Waals surface area contributed by atoms with E-state index in [1.807, 2.05) is 0 Å². The van der Waals surface area contributed by atoms with Gasteiger partial charge in [0, 0.05) is 5.56 Å². The van der Waals surface area contributed by atoms with E-state index >= 15 is 0 Å². The Morgan fingerprint density at radius 2 is 1.77 bits per heavy atom. The molecule has 26 heavy (non-hydrogen) atoms. The fourth-order valence-corrected chi connectivity index (χ4v) is 2.33. The third kappa shape index (κ3) is 3.47. The highest BCUT2D eigenvalue weighted by Gasteiger charge is 2.23. The number of carbonyl (C=O) groups is 2. The van der Waals surface area contributed by atoms with Gasteiger partial charge in [0.2, 0.25) is 0 Å². The molecule has 0 saturated carbocycles. The van der Waals surface area contributed by atoms with Gasteiger partial charge in [-0.15, -0.1) is 0 Å². The lowest BCUT2D eigenvalue weighted by Gasteiger charge is -2.13. The highest BCUT2D eigenvalue weighted by atomic mass is 16.5. The normalized spacial score (nSPS) is 10.1. The van der Waals surface area contributed by atoms with Crippen molar-refractivity contribution in [2.24, 2.45) is 0 Å². The maximum absolute atomic E-state index is 12.7. The Kier molecular flexibility index (Phi) is 5.86. The molecular weight excluding hydrogens is 338 g/mol. The van der Waals surface area contributed by atoms with Crippen LogP contribution < -0.4 is 5.56 Å². The molecule has 0 spiro atoms. The maximum atomic E-state index is 12.7. The summed E-state index contributed by atoms with van der Waals surface area (Å²) in [6.07, 6.45) is 0. The van der Waals surface area contributed by atoms with E-state index in [1.54, 1.807) is 32.0 Å². The number of esters is 2. The van der Waals surface area contributed by atoms with Crippen molar-refractivity contribution in [3.05, 3.63) is 57.0 Å². The first kappa shape index (κ1) is 18.9. The summed E-state index contributed by atoms with van der Waals surface area (Å²) in [5, 5.41) is 13.4. The van der Waals surface area contributed by atoms with Crippen LogP contribution >= 0.6 is 0 Å². The summed E-state index contributed by atoms with van der Waals surface area (Å²) in [6.45, 7) is 5.00. The van der Waals surface area contributed by atoms with E-state index < -0.39 is 17.5 Å². The number of benzene rings is 1. The molecule has 0 N–H and O–H groups in total. The van der Waals surface area contributed by atoms with Crippen molar-refractivity contribution >= 4 is 11.9 Å². The van der Waals surface area contributed by atoms with E-state index in [9.17, 15) is 19.6 Å². The van der Waals surface area contributed by atoms with E-state index in [0.717, 1.165) is 4.68 Å². The van der Waals surface area contributed by atoms with Gasteiger partial charge in [0.1, 0.15) is 11.6 Å². The molecule has 1 aromatic heterocycles. The number of para-hydroxylation sites is 1. The molecule has 0 atom stereocenters. The van der Waals surface area contributed by atoms with Crippen LogP contribution in [0.25, 0.3) is 5.69 Å². The Bertz CT molecular complexity index is 956. The molecule has 134 valence electrons. The van der Waals surface area contributed by atoms with E-state index in [2.05, 4.69) is 5.10 Å². The lowest BCUT2D eigenvalue weighted by molar-refractivity contribution is 0.0512. The highest BCUT2D eigenvalue weighted by Crippen LogP contribution is 2.16. The van der Waals surface area contributed by atoms with Crippen LogP contribution in [0.2, 0.25) is 0 Å². The summed E-state index contributed by atoms with van der Waals surface area (Å²) in [7, 11) is 0. The number of nitriles is 1.